The molecular formula is C35H42ClN5O6S. The SMILES string of the molecule is COc1ccc(S(=O)(=O)N2C(=O)[C@@](c3ccc(CN4CCN(C)CC4)cc3OC)(N3CCC[C@H]3C(=O)N(C)C)c3cc(Cl)ccc32)cc1. The largest absolute Gasteiger partial charge is 0.497 e. The molecule has 0 radical (unpaired) electrons. The summed E-state index contributed by atoms with van der Waals surface area (Å²) in [4.78, 5) is 37.1. The van der Waals surface area contributed by atoms with Crippen molar-refractivity contribution in [3.05, 3.63) is 82.4 Å². The lowest BCUT2D eigenvalue weighted by molar-refractivity contribution is -0.138. The van der Waals surface area contributed by atoms with Crippen molar-refractivity contribution < 1.29 is 27.5 Å². The van der Waals surface area contributed by atoms with Crippen molar-refractivity contribution in [3.8, 4) is 11.5 Å². The van der Waals surface area contributed by atoms with E-state index >= 15 is 4.79 Å². The van der Waals surface area contributed by atoms with Crippen molar-refractivity contribution in [1.82, 2.24) is 19.6 Å². The molecule has 0 saturated carbocycles. The van der Waals surface area contributed by atoms with Crippen molar-refractivity contribution in [3.63, 3.8) is 0 Å². The van der Waals surface area contributed by atoms with Gasteiger partial charge in [0.2, 0.25) is 5.91 Å². The first kappa shape index (κ1) is 34.2. The number of carbonyl (C=O) groups is 2. The smallest absolute Gasteiger partial charge is 0.271 e. The molecule has 0 spiro atoms. The maximum absolute atomic E-state index is 15.4. The van der Waals surface area contributed by atoms with Crippen molar-refractivity contribution in [2.75, 3.05) is 72.4 Å². The van der Waals surface area contributed by atoms with E-state index in [4.69, 9.17) is 21.1 Å². The van der Waals surface area contributed by atoms with Gasteiger partial charge in [-0.25, -0.2) is 12.7 Å². The lowest BCUT2D eigenvalue weighted by Crippen LogP contribution is -2.59. The minimum absolute atomic E-state index is 0.0785. The highest BCUT2D eigenvalue weighted by Crippen LogP contribution is 2.55. The number of anilines is 1. The maximum Gasteiger partial charge on any atom is 0.271 e. The Morgan fingerprint density at radius 2 is 1.65 bits per heavy atom. The summed E-state index contributed by atoms with van der Waals surface area (Å²) < 4.78 is 41.2. The van der Waals surface area contributed by atoms with Gasteiger partial charge in [0.25, 0.3) is 15.9 Å². The summed E-state index contributed by atoms with van der Waals surface area (Å²) >= 11 is 6.64. The van der Waals surface area contributed by atoms with Crippen LogP contribution in [0.5, 0.6) is 11.5 Å². The van der Waals surface area contributed by atoms with E-state index in [0.717, 1.165) is 36.0 Å². The van der Waals surface area contributed by atoms with Gasteiger partial charge in [0.05, 0.1) is 30.8 Å². The van der Waals surface area contributed by atoms with Crippen LogP contribution in [0.4, 0.5) is 5.69 Å². The molecule has 3 aromatic carbocycles. The second-order valence-electron chi connectivity index (χ2n) is 12.8. The molecule has 11 nitrogen and oxygen atoms in total. The number of carbonyl (C=O) groups excluding carboxylic acids is 2. The summed E-state index contributed by atoms with van der Waals surface area (Å²) in [6, 6.07) is 15.7. The number of rotatable bonds is 9. The number of fused-ring (bicyclic) bond motifs is 1. The fraction of sp³-hybridized carbons (Fsp3) is 0.429. The van der Waals surface area contributed by atoms with E-state index < -0.39 is 27.5 Å². The number of likely N-dealkylation sites (tertiary alicyclic amines) is 1. The Morgan fingerprint density at radius 1 is 0.938 bits per heavy atom. The molecule has 2 fully saturated rings. The van der Waals surface area contributed by atoms with Gasteiger partial charge >= 0.3 is 0 Å². The van der Waals surface area contributed by atoms with Gasteiger partial charge in [-0.15, -0.1) is 0 Å². The van der Waals surface area contributed by atoms with Gasteiger partial charge in [0.1, 0.15) is 11.5 Å². The molecule has 3 aromatic rings. The van der Waals surface area contributed by atoms with Crippen molar-refractivity contribution in [2.24, 2.45) is 0 Å². The Labute approximate surface area is 287 Å². The highest BCUT2D eigenvalue weighted by atomic mass is 35.5. The molecule has 3 aliphatic heterocycles. The molecule has 3 heterocycles. The molecular weight excluding hydrogens is 654 g/mol. The number of benzene rings is 3. The molecule has 3 aliphatic rings. The standard InChI is InChI=1S/C35H42ClN5O6S/c1-37(2)33(42)31-7-6-16-40(31)35(28-14-8-24(21-32(28)47-5)23-39-19-17-38(3)18-20-39)29-22-25(36)9-15-30(29)41(34(35)43)48(44,45)27-12-10-26(46-4)11-13-27/h8-15,21-22,31H,6-7,16-20,23H2,1-5H3/t31-,35-/m0/s1. The first-order valence-corrected chi connectivity index (χ1v) is 17.8. The van der Waals surface area contributed by atoms with E-state index in [1.54, 1.807) is 39.4 Å². The van der Waals surface area contributed by atoms with Crippen LogP contribution in [-0.4, -0.2) is 114 Å². The molecule has 0 aliphatic carbocycles. The van der Waals surface area contributed by atoms with E-state index in [0.29, 0.717) is 53.6 Å². The molecule has 256 valence electrons. The summed E-state index contributed by atoms with van der Waals surface area (Å²) in [5, 5.41) is 0.329. The second-order valence-corrected chi connectivity index (χ2v) is 15.0. The zero-order valence-corrected chi connectivity index (χ0v) is 29.6. The number of hydrogen-bond donors (Lipinski definition) is 0. The van der Waals surface area contributed by atoms with Crippen LogP contribution in [0.1, 0.15) is 29.5 Å². The topological polar surface area (TPSA) is 103 Å². The van der Waals surface area contributed by atoms with Crippen molar-refractivity contribution in [2.45, 2.75) is 35.9 Å². The predicted octanol–water partition coefficient (Wildman–Crippen LogP) is 3.64. The summed E-state index contributed by atoms with van der Waals surface area (Å²) in [5.74, 6) is 0.00353. The molecule has 48 heavy (non-hydrogen) atoms. The molecule has 2 saturated heterocycles. The van der Waals surface area contributed by atoms with Gasteiger partial charge in [0.15, 0.2) is 5.54 Å². The molecule has 2 atom stereocenters. The number of amides is 2. The van der Waals surface area contributed by atoms with Crippen LogP contribution in [-0.2, 0) is 31.7 Å². The predicted molar refractivity (Wildman–Crippen MR) is 184 cm³/mol. The number of nitrogens with zero attached hydrogens (tertiary/aromatic N) is 5. The van der Waals surface area contributed by atoms with Crippen molar-refractivity contribution >= 4 is 39.1 Å². The lowest BCUT2D eigenvalue weighted by atomic mass is 9.80. The first-order chi connectivity index (χ1) is 22.9. The van der Waals surface area contributed by atoms with Crippen LogP contribution >= 0.6 is 11.6 Å². The third-order valence-corrected chi connectivity index (χ3v) is 11.7. The van der Waals surface area contributed by atoms with Crippen molar-refractivity contribution in [1.29, 1.82) is 0 Å². The number of piperazine rings is 1. The zero-order chi connectivity index (χ0) is 34.4. The number of methoxy groups -OCH3 is 2. The molecule has 0 unspecified atom stereocenters. The quantitative estimate of drug-likeness (QED) is 0.332. The first-order valence-electron chi connectivity index (χ1n) is 16.0. The van der Waals surface area contributed by atoms with Gasteiger partial charge < -0.3 is 19.3 Å². The van der Waals surface area contributed by atoms with Gasteiger partial charge in [-0.05, 0) is 74.0 Å². The van der Waals surface area contributed by atoms with E-state index in [2.05, 4.69) is 16.8 Å². The number of halogens is 1. The van der Waals surface area contributed by atoms with Crippen LogP contribution in [0.3, 0.4) is 0 Å². The van der Waals surface area contributed by atoms with Crippen LogP contribution in [0.25, 0.3) is 0 Å². The fourth-order valence-electron chi connectivity index (χ4n) is 7.25. The van der Waals surface area contributed by atoms with Crippen LogP contribution in [0, 0.1) is 0 Å². The van der Waals surface area contributed by atoms with Gasteiger partial charge in [-0.2, -0.15) is 0 Å². The molecule has 2 amide bonds. The summed E-state index contributed by atoms with van der Waals surface area (Å²) in [5.41, 5.74) is 0.251. The highest BCUT2D eigenvalue weighted by Gasteiger charge is 2.63. The Hall–Kier alpha value is -3.68. The Kier molecular flexibility index (Phi) is 9.49. The van der Waals surface area contributed by atoms with Crippen LogP contribution in [0.2, 0.25) is 5.02 Å². The Bertz CT molecular complexity index is 1810. The van der Waals surface area contributed by atoms with Gasteiger partial charge in [-0.3, -0.25) is 19.4 Å². The third-order valence-electron chi connectivity index (χ3n) is 9.73. The average Bonchev–Trinajstić information content (AvgIpc) is 3.66. The summed E-state index contributed by atoms with van der Waals surface area (Å²) in [6.07, 6.45) is 1.13. The number of ether oxygens (including phenoxy) is 2. The van der Waals surface area contributed by atoms with E-state index in [-0.39, 0.29) is 16.5 Å². The Balaban J connectivity index is 1.57. The van der Waals surface area contributed by atoms with E-state index in [1.165, 1.54) is 36.3 Å². The summed E-state index contributed by atoms with van der Waals surface area (Å²) in [6.45, 7) is 4.85. The number of likely N-dealkylation sites (N-methyl/N-ethyl adjacent to an activating group) is 2. The highest BCUT2D eigenvalue weighted by molar-refractivity contribution is 7.93. The number of sulfonamides is 1. The van der Waals surface area contributed by atoms with Crippen LogP contribution < -0.4 is 13.8 Å². The normalized spacial score (nSPS) is 22.2. The van der Waals surface area contributed by atoms with Gasteiger partial charge in [-0.1, -0.05) is 23.7 Å². The molecule has 0 N–H and O–H groups in total. The fourth-order valence-corrected chi connectivity index (χ4v) is 8.88. The molecule has 6 rings (SSSR count). The number of hydrogen-bond acceptors (Lipinski definition) is 9. The average molecular weight is 696 g/mol. The van der Waals surface area contributed by atoms with Gasteiger partial charge in [0, 0.05) is 69.5 Å². The molecule has 0 aromatic heterocycles. The lowest BCUT2D eigenvalue weighted by Gasteiger charge is -2.42. The zero-order valence-electron chi connectivity index (χ0n) is 28.0. The van der Waals surface area contributed by atoms with E-state index in [9.17, 15) is 13.2 Å². The Morgan fingerprint density at radius 3 is 2.29 bits per heavy atom. The second kappa shape index (κ2) is 13.3. The molecule has 13 heteroatoms. The minimum atomic E-state index is -4.44. The summed E-state index contributed by atoms with van der Waals surface area (Å²) in [7, 11) is 4.07. The van der Waals surface area contributed by atoms with E-state index in [1.807, 2.05) is 23.1 Å². The van der Waals surface area contributed by atoms with Crippen LogP contribution in [0.15, 0.2) is 65.6 Å². The molecule has 0 bridgehead atoms. The monoisotopic (exact) mass is 695 g/mol. The minimum Gasteiger partial charge on any atom is -0.497 e. The maximum atomic E-state index is 15.4. The third kappa shape index (κ3) is 5.73.